The van der Waals surface area contributed by atoms with Crippen LogP contribution in [0.15, 0.2) is 30.7 Å². The van der Waals surface area contributed by atoms with Gasteiger partial charge in [-0.15, -0.1) is 0 Å². The number of imidazole rings is 1. The van der Waals surface area contributed by atoms with Crippen molar-refractivity contribution in [1.82, 2.24) is 9.55 Å². The Labute approximate surface area is 101 Å². The van der Waals surface area contributed by atoms with E-state index in [-0.39, 0.29) is 18.7 Å². The highest BCUT2D eigenvalue weighted by Crippen LogP contribution is 2.20. The Morgan fingerprint density at radius 2 is 2.28 bits per heavy atom. The van der Waals surface area contributed by atoms with Gasteiger partial charge >= 0.3 is 5.69 Å². The van der Waals surface area contributed by atoms with Gasteiger partial charge in [0, 0.05) is 17.8 Å². The van der Waals surface area contributed by atoms with E-state index in [2.05, 4.69) is 4.98 Å². The van der Waals surface area contributed by atoms with Gasteiger partial charge in [-0.2, -0.15) is 4.39 Å². The SMILES string of the molecule is O=[N+]([O-])c1cccc(Cn2cnc(CO)c2)c1F. The summed E-state index contributed by atoms with van der Waals surface area (Å²) in [6.45, 7) is -0.0784. The van der Waals surface area contributed by atoms with Crippen molar-refractivity contribution in [3.8, 4) is 0 Å². The van der Waals surface area contributed by atoms with Gasteiger partial charge in [-0.3, -0.25) is 10.1 Å². The Hall–Kier alpha value is -2.28. The molecule has 0 radical (unpaired) electrons. The molecule has 0 atom stereocenters. The second-order valence-corrected chi connectivity index (χ2v) is 3.70. The normalized spacial score (nSPS) is 10.6. The third-order valence-corrected chi connectivity index (χ3v) is 2.46. The van der Waals surface area contributed by atoms with Gasteiger partial charge in [0.15, 0.2) is 0 Å². The van der Waals surface area contributed by atoms with Gasteiger partial charge in [0.1, 0.15) is 0 Å². The number of hydrogen-bond acceptors (Lipinski definition) is 4. The van der Waals surface area contributed by atoms with Crippen molar-refractivity contribution in [1.29, 1.82) is 0 Å². The number of halogens is 1. The first-order valence-corrected chi connectivity index (χ1v) is 5.15. The number of benzene rings is 1. The molecule has 0 bridgehead atoms. The van der Waals surface area contributed by atoms with Crippen molar-refractivity contribution in [2.24, 2.45) is 0 Å². The molecule has 1 N–H and O–H groups in total. The molecule has 0 amide bonds. The quantitative estimate of drug-likeness (QED) is 0.659. The molecule has 0 unspecified atom stereocenters. The summed E-state index contributed by atoms with van der Waals surface area (Å²) in [6.07, 6.45) is 2.99. The summed E-state index contributed by atoms with van der Waals surface area (Å²) in [5, 5.41) is 19.4. The first-order valence-electron chi connectivity index (χ1n) is 5.15. The Morgan fingerprint density at radius 1 is 1.50 bits per heavy atom. The van der Waals surface area contributed by atoms with E-state index in [1.807, 2.05) is 0 Å². The highest BCUT2D eigenvalue weighted by molar-refractivity contribution is 5.36. The van der Waals surface area contributed by atoms with E-state index in [9.17, 15) is 14.5 Å². The molecule has 2 aromatic rings. The monoisotopic (exact) mass is 251 g/mol. The lowest BCUT2D eigenvalue weighted by atomic mass is 10.2. The average Bonchev–Trinajstić information content (AvgIpc) is 2.79. The van der Waals surface area contributed by atoms with Crippen molar-refractivity contribution < 1.29 is 14.4 Å². The Morgan fingerprint density at radius 3 is 2.89 bits per heavy atom. The zero-order valence-corrected chi connectivity index (χ0v) is 9.28. The van der Waals surface area contributed by atoms with E-state index in [1.54, 1.807) is 10.8 Å². The van der Waals surface area contributed by atoms with Crippen LogP contribution in [-0.2, 0) is 13.2 Å². The van der Waals surface area contributed by atoms with Crippen molar-refractivity contribution in [3.63, 3.8) is 0 Å². The number of nitro benzene ring substituents is 1. The molecule has 0 aliphatic heterocycles. The summed E-state index contributed by atoms with van der Waals surface area (Å²) in [4.78, 5) is 13.7. The summed E-state index contributed by atoms with van der Waals surface area (Å²) in [5.41, 5.74) is 0.113. The van der Waals surface area contributed by atoms with Crippen LogP contribution in [0, 0.1) is 15.9 Å². The van der Waals surface area contributed by atoms with Gasteiger partial charge in [-0.25, -0.2) is 4.98 Å². The molecule has 0 fully saturated rings. The van der Waals surface area contributed by atoms with E-state index < -0.39 is 16.4 Å². The van der Waals surface area contributed by atoms with Crippen LogP contribution in [0.25, 0.3) is 0 Å². The van der Waals surface area contributed by atoms with Crippen molar-refractivity contribution in [2.75, 3.05) is 0 Å². The molecular formula is C11H10FN3O3. The van der Waals surface area contributed by atoms with E-state index >= 15 is 0 Å². The number of aromatic nitrogens is 2. The second kappa shape index (κ2) is 4.92. The molecule has 0 aliphatic carbocycles. The topological polar surface area (TPSA) is 81.2 Å². The zero-order valence-electron chi connectivity index (χ0n) is 9.28. The Kier molecular flexibility index (Phi) is 3.33. The lowest BCUT2D eigenvalue weighted by Crippen LogP contribution is -2.02. The summed E-state index contributed by atoms with van der Waals surface area (Å²) < 4.78 is 15.3. The third-order valence-electron chi connectivity index (χ3n) is 2.46. The Bertz CT molecular complexity index is 583. The van der Waals surface area contributed by atoms with Crippen LogP contribution < -0.4 is 0 Å². The largest absolute Gasteiger partial charge is 0.390 e. The van der Waals surface area contributed by atoms with Crippen LogP contribution >= 0.6 is 0 Å². The maximum Gasteiger partial charge on any atom is 0.305 e. The highest BCUT2D eigenvalue weighted by Gasteiger charge is 2.17. The summed E-state index contributed by atoms with van der Waals surface area (Å²) >= 11 is 0. The van der Waals surface area contributed by atoms with Gasteiger partial charge in [0.05, 0.1) is 30.1 Å². The molecular weight excluding hydrogens is 241 g/mol. The molecule has 7 heteroatoms. The molecule has 18 heavy (non-hydrogen) atoms. The smallest absolute Gasteiger partial charge is 0.305 e. The molecule has 0 aliphatic rings. The molecule has 2 rings (SSSR count). The van der Waals surface area contributed by atoms with Gasteiger partial charge in [0.25, 0.3) is 0 Å². The van der Waals surface area contributed by atoms with Crippen molar-refractivity contribution in [2.45, 2.75) is 13.2 Å². The number of nitrogens with zero attached hydrogens (tertiary/aromatic N) is 3. The van der Waals surface area contributed by atoms with Gasteiger partial charge in [0.2, 0.25) is 5.82 Å². The standard InChI is InChI=1S/C11H10FN3O3/c12-11-8(2-1-3-10(11)15(17)18)4-14-5-9(6-16)13-7-14/h1-3,5,7,16H,4,6H2. The van der Waals surface area contributed by atoms with E-state index in [0.717, 1.165) is 6.07 Å². The predicted octanol–water partition coefficient (Wildman–Crippen LogP) is 1.47. The molecule has 1 aromatic heterocycles. The number of aliphatic hydroxyl groups excluding tert-OH is 1. The van der Waals surface area contributed by atoms with Crippen molar-refractivity contribution >= 4 is 5.69 Å². The number of aliphatic hydroxyl groups is 1. The molecule has 0 saturated carbocycles. The molecule has 94 valence electrons. The van der Waals surface area contributed by atoms with Gasteiger partial charge in [-0.05, 0) is 0 Å². The van der Waals surface area contributed by atoms with Crippen LogP contribution in [-0.4, -0.2) is 19.6 Å². The van der Waals surface area contributed by atoms with Crippen LogP contribution in [0.5, 0.6) is 0 Å². The van der Waals surface area contributed by atoms with Crippen LogP contribution in [0.3, 0.4) is 0 Å². The minimum Gasteiger partial charge on any atom is -0.390 e. The average molecular weight is 251 g/mol. The van der Waals surface area contributed by atoms with Gasteiger partial charge in [-0.1, -0.05) is 12.1 Å². The number of rotatable bonds is 4. The molecule has 0 spiro atoms. The summed E-state index contributed by atoms with van der Waals surface area (Å²) in [5.74, 6) is -0.846. The fourth-order valence-electron chi connectivity index (χ4n) is 1.60. The van der Waals surface area contributed by atoms with E-state index in [1.165, 1.54) is 18.5 Å². The molecule has 0 saturated heterocycles. The van der Waals surface area contributed by atoms with Crippen molar-refractivity contribution in [3.05, 3.63) is 57.9 Å². The lowest BCUT2D eigenvalue weighted by molar-refractivity contribution is -0.387. The lowest BCUT2D eigenvalue weighted by Gasteiger charge is -2.04. The van der Waals surface area contributed by atoms with Gasteiger partial charge < -0.3 is 9.67 Å². The number of hydrogen-bond donors (Lipinski definition) is 1. The minimum absolute atomic E-state index is 0.126. The molecule has 6 nitrogen and oxygen atoms in total. The maximum atomic E-state index is 13.8. The maximum absolute atomic E-state index is 13.8. The fraction of sp³-hybridized carbons (Fsp3) is 0.182. The highest BCUT2D eigenvalue weighted by atomic mass is 19.1. The minimum atomic E-state index is -0.846. The summed E-state index contributed by atoms with van der Waals surface area (Å²) in [6, 6.07) is 4.02. The Balaban J connectivity index is 2.29. The van der Waals surface area contributed by atoms with E-state index in [4.69, 9.17) is 5.11 Å². The van der Waals surface area contributed by atoms with Crippen LogP contribution in [0.4, 0.5) is 10.1 Å². The second-order valence-electron chi connectivity index (χ2n) is 3.70. The molecule has 1 aromatic carbocycles. The van der Waals surface area contributed by atoms with Crippen LogP contribution in [0.2, 0.25) is 0 Å². The molecule has 1 heterocycles. The van der Waals surface area contributed by atoms with E-state index in [0.29, 0.717) is 5.69 Å². The summed E-state index contributed by atoms with van der Waals surface area (Å²) in [7, 11) is 0. The first-order chi connectivity index (χ1) is 8.61. The zero-order chi connectivity index (χ0) is 13.1. The van der Waals surface area contributed by atoms with Crippen LogP contribution in [0.1, 0.15) is 11.3 Å². The third kappa shape index (κ3) is 2.35. The fourth-order valence-corrected chi connectivity index (χ4v) is 1.60. The number of nitro groups is 1. The predicted molar refractivity (Wildman–Crippen MR) is 60.3 cm³/mol. The first kappa shape index (κ1) is 12.2.